The molecule has 6 nitrogen and oxygen atoms in total. The highest BCUT2D eigenvalue weighted by molar-refractivity contribution is 5.83. The van der Waals surface area contributed by atoms with Crippen molar-refractivity contribution in [3.63, 3.8) is 0 Å². The number of anilines is 1. The minimum absolute atomic E-state index is 0.264. The van der Waals surface area contributed by atoms with Gasteiger partial charge < -0.3 is 19.9 Å². The van der Waals surface area contributed by atoms with Crippen molar-refractivity contribution in [2.75, 3.05) is 19.1 Å². The first-order valence-electron chi connectivity index (χ1n) is 7.80. The molecule has 24 heavy (non-hydrogen) atoms. The first kappa shape index (κ1) is 14.6. The number of ether oxygens (including phenoxy) is 3. The van der Waals surface area contributed by atoms with Crippen LogP contribution in [0.5, 0.6) is 17.2 Å². The molecule has 0 saturated heterocycles. The second-order valence-corrected chi connectivity index (χ2v) is 5.50. The Morgan fingerprint density at radius 1 is 1.08 bits per heavy atom. The molecule has 3 aromatic rings. The Kier molecular flexibility index (Phi) is 3.57. The number of benzene rings is 2. The van der Waals surface area contributed by atoms with Crippen molar-refractivity contribution < 1.29 is 14.2 Å². The van der Waals surface area contributed by atoms with Gasteiger partial charge in [-0.2, -0.15) is 0 Å². The molecule has 4 rings (SSSR count). The van der Waals surface area contributed by atoms with Crippen LogP contribution in [0, 0.1) is 0 Å². The predicted molar refractivity (Wildman–Crippen MR) is 90.5 cm³/mol. The molecule has 2 N–H and O–H groups in total. The molecule has 122 valence electrons. The molecule has 0 unspecified atom stereocenters. The van der Waals surface area contributed by atoms with Gasteiger partial charge in [-0.1, -0.05) is 6.07 Å². The van der Waals surface area contributed by atoms with Crippen LogP contribution < -0.4 is 19.9 Å². The van der Waals surface area contributed by atoms with Crippen molar-refractivity contribution in [2.45, 2.75) is 13.3 Å². The molecule has 0 fully saturated rings. The third kappa shape index (κ3) is 2.67. The normalized spacial score (nSPS) is 12.5. The molecule has 1 aliphatic rings. The van der Waals surface area contributed by atoms with Crippen molar-refractivity contribution in [1.29, 1.82) is 0 Å². The fourth-order valence-electron chi connectivity index (χ4n) is 2.83. The highest BCUT2D eigenvalue weighted by atomic mass is 16.7. The molecule has 1 aromatic heterocycles. The zero-order valence-corrected chi connectivity index (χ0v) is 13.3. The molecule has 6 heteroatoms. The number of nitrogens with zero attached hydrogens (tertiary/aromatic N) is 2. The van der Waals surface area contributed by atoms with Gasteiger partial charge in [-0.3, -0.25) is 0 Å². The van der Waals surface area contributed by atoms with E-state index in [9.17, 15) is 0 Å². The Morgan fingerprint density at radius 3 is 2.83 bits per heavy atom. The van der Waals surface area contributed by atoms with Crippen LogP contribution in [0.2, 0.25) is 0 Å². The molecule has 0 bridgehead atoms. The number of hydrogen-bond acceptors (Lipinski definition) is 6. The first-order chi connectivity index (χ1) is 11.7. The molecule has 0 saturated carbocycles. The second kappa shape index (κ2) is 5.88. The number of fused-ring (bicyclic) bond motifs is 2. The van der Waals surface area contributed by atoms with Crippen molar-refractivity contribution >= 4 is 16.9 Å². The average Bonchev–Trinajstić information content (AvgIpc) is 3.03. The third-order valence-corrected chi connectivity index (χ3v) is 3.88. The summed E-state index contributed by atoms with van der Waals surface area (Å²) >= 11 is 0. The lowest BCUT2D eigenvalue weighted by Crippen LogP contribution is -2.02. The molecule has 2 aromatic carbocycles. The van der Waals surface area contributed by atoms with E-state index in [-0.39, 0.29) is 12.7 Å². The van der Waals surface area contributed by atoms with E-state index in [0.29, 0.717) is 13.0 Å². The van der Waals surface area contributed by atoms with Crippen LogP contribution in [0.4, 0.5) is 5.95 Å². The minimum atomic E-state index is 0.264. The summed E-state index contributed by atoms with van der Waals surface area (Å²) in [6.45, 7) is 2.83. The third-order valence-electron chi connectivity index (χ3n) is 3.88. The van der Waals surface area contributed by atoms with Crippen LogP contribution in [0.3, 0.4) is 0 Å². The highest BCUT2D eigenvalue weighted by Crippen LogP contribution is 2.33. The summed E-state index contributed by atoms with van der Waals surface area (Å²) in [6, 6.07) is 11.6. The Hall–Kier alpha value is -3.02. The summed E-state index contributed by atoms with van der Waals surface area (Å²) in [4.78, 5) is 8.73. The second-order valence-electron chi connectivity index (χ2n) is 5.50. The molecular formula is C18H17N3O3. The van der Waals surface area contributed by atoms with Crippen LogP contribution in [0.25, 0.3) is 10.9 Å². The smallest absolute Gasteiger partial charge is 0.231 e. The minimum Gasteiger partial charge on any atom is -0.494 e. The van der Waals surface area contributed by atoms with E-state index in [2.05, 4.69) is 9.97 Å². The number of aromatic nitrogens is 2. The van der Waals surface area contributed by atoms with E-state index in [0.717, 1.165) is 39.4 Å². The van der Waals surface area contributed by atoms with E-state index >= 15 is 0 Å². The monoisotopic (exact) mass is 323 g/mol. The topological polar surface area (TPSA) is 79.5 Å². The van der Waals surface area contributed by atoms with Gasteiger partial charge in [0.05, 0.1) is 17.8 Å². The van der Waals surface area contributed by atoms with Crippen LogP contribution in [-0.4, -0.2) is 23.4 Å². The maximum atomic E-state index is 5.87. The molecule has 0 spiro atoms. The predicted octanol–water partition coefficient (Wildman–Crippen LogP) is 2.93. The average molecular weight is 323 g/mol. The SMILES string of the molecule is CCOc1ccc2nc(N)nc(Cc3ccc4c(c3)OCO4)c2c1. The summed E-state index contributed by atoms with van der Waals surface area (Å²) < 4.78 is 16.4. The molecule has 2 heterocycles. The Labute approximate surface area is 139 Å². The lowest BCUT2D eigenvalue weighted by Gasteiger charge is -2.10. The van der Waals surface area contributed by atoms with Gasteiger partial charge in [0.15, 0.2) is 11.5 Å². The molecule has 1 aliphatic heterocycles. The van der Waals surface area contributed by atoms with Gasteiger partial charge in [-0.05, 0) is 42.8 Å². The Bertz CT molecular complexity index is 911. The molecular weight excluding hydrogens is 306 g/mol. The zero-order chi connectivity index (χ0) is 16.5. The van der Waals surface area contributed by atoms with Crippen LogP contribution in [0.1, 0.15) is 18.2 Å². The summed E-state index contributed by atoms with van der Waals surface area (Å²) in [7, 11) is 0. The number of rotatable bonds is 4. The summed E-state index contributed by atoms with van der Waals surface area (Å²) in [5.41, 5.74) is 8.60. The van der Waals surface area contributed by atoms with E-state index in [1.165, 1.54) is 0 Å². The fourth-order valence-corrected chi connectivity index (χ4v) is 2.83. The lowest BCUT2D eigenvalue weighted by atomic mass is 10.0. The highest BCUT2D eigenvalue weighted by Gasteiger charge is 2.15. The number of nitrogens with two attached hydrogens (primary N) is 1. The lowest BCUT2D eigenvalue weighted by molar-refractivity contribution is 0.174. The zero-order valence-electron chi connectivity index (χ0n) is 13.3. The first-order valence-corrected chi connectivity index (χ1v) is 7.80. The quantitative estimate of drug-likeness (QED) is 0.795. The van der Waals surface area contributed by atoms with Gasteiger partial charge in [-0.15, -0.1) is 0 Å². The van der Waals surface area contributed by atoms with Crippen molar-refractivity contribution in [2.24, 2.45) is 0 Å². The van der Waals surface area contributed by atoms with Crippen LogP contribution in [-0.2, 0) is 6.42 Å². The van der Waals surface area contributed by atoms with Crippen molar-refractivity contribution in [3.8, 4) is 17.2 Å². The number of nitrogen functional groups attached to an aromatic ring is 1. The van der Waals surface area contributed by atoms with Crippen LogP contribution >= 0.6 is 0 Å². The van der Waals surface area contributed by atoms with Gasteiger partial charge in [0.1, 0.15) is 5.75 Å². The van der Waals surface area contributed by atoms with Gasteiger partial charge in [0.2, 0.25) is 12.7 Å². The van der Waals surface area contributed by atoms with Gasteiger partial charge in [-0.25, -0.2) is 9.97 Å². The van der Waals surface area contributed by atoms with E-state index in [4.69, 9.17) is 19.9 Å². The van der Waals surface area contributed by atoms with E-state index in [1.54, 1.807) is 0 Å². The van der Waals surface area contributed by atoms with Crippen molar-refractivity contribution in [1.82, 2.24) is 9.97 Å². The van der Waals surface area contributed by atoms with Crippen molar-refractivity contribution in [3.05, 3.63) is 47.7 Å². The Balaban J connectivity index is 1.75. The maximum absolute atomic E-state index is 5.87. The largest absolute Gasteiger partial charge is 0.494 e. The summed E-state index contributed by atoms with van der Waals surface area (Å²) in [5, 5.41) is 0.938. The van der Waals surface area contributed by atoms with Gasteiger partial charge in [0.25, 0.3) is 0 Å². The summed E-state index contributed by atoms with van der Waals surface area (Å²) in [5.74, 6) is 2.59. The van der Waals surface area contributed by atoms with E-state index < -0.39 is 0 Å². The fraction of sp³-hybridized carbons (Fsp3) is 0.222. The van der Waals surface area contributed by atoms with Gasteiger partial charge in [0, 0.05) is 11.8 Å². The number of hydrogen-bond donors (Lipinski definition) is 1. The molecule has 0 radical (unpaired) electrons. The Morgan fingerprint density at radius 2 is 1.96 bits per heavy atom. The standard InChI is InChI=1S/C18H17N3O3/c1-2-22-12-4-5-14-13(9-12)15(21-18(19)20-14)7-11-3-6-16-17(8-11)24-10-23-16/h3-6,8-9H,2,7,10H2,1H3,(H2,19,20,21). The molecule has 0 aliphatic carbocycles. The van der Waals surface area contributed by atoms with Gasteiger partial charge >= 0.3 is 0 Å². The molecule has 0 atom stereocenters. The maximum Gasteiger partial charge on any atom is 0.231 e. The summed E-state index contributed by atoms with van der Waals surface area (Å²) in [6.07, 6.45) is 0.620. The molecule has 0 amide bonds. The van der Waals surface area contributed by atoms with Crippen LogP contribution in [0.15, 0.2) is 36.4 Å². The van der Waals surface area contributed by atoms with E-state index in [1.807, 2.05) is 43.3 Å².